The Balaban J connectivity index is 2.04. The summed E-state index contributed by atoms with van der Waals surface area (Å²) in [4.78, 5) is 13.0. The van der Waals surface area contributed by atoms with Crippen LogP contribution >= 0.6 is 0 Å². The lowest BCUT2D eigenvalue weighted by atomic mass is 9.84. The van der Waals surface area contributed by atoms with Crippen LogP contribution in [0.5, 0.6) is 5.75 Å². The molecule has 10 heteroatoms. The second-order valence-electron chi connectivity index (χ2n) is 5.92. The number of ketones is 1. The number of alkyl halides is 3. The molecule has 2 unspecified atom stereocenters. The number of fused-ring (bicyclic) bond motifs is 5. The number of aliphatic hydroxyl groups is 1. The Bertz CT molecular complexity index is 1050. The highest BCUT2D eigenvalue weighted by atomic mass is 32.2. The number of halogens is 3. The average Bonchev–Trinajstić information content (AvgIpc) is 2.92. The van der Waals surface area contributed by atoms with Gasteiger partial charge in [-0.25, -0.2) is 8.42 Å². The Morgan fingerprint density at radius 1 is 1.00 bits per heavy atom. The second kappa shape index (κ2) is 4.84. The number of carbonyl (C=O) groups excluding carboxylic acids is 1. The zero-order chi connectivity index (χ0) is 19.0. The third-order valence-electron chi connectivity index (χ3n) is 4.53. The van der Waals surface area contributed by atoms with Crippen molar-refractivity contribution in [3.8, 4) is 5.75 Å². The van der Waals surface area contributed by atoms with Crippen LogP contribution in [0.4, 0.5) is 13.2 Å². The first-order valence-electron chi connectivity index (χ1n) is 7.30. The lowest BCUT2D eigenvalue weighted by molar-refractivity contribution is -0.167. The van der Waals surface area contributed by atoms with E-state index in [0.717, 1.165) is 0 Å². The van der Waals surface area contributed by atoms with Gasteiger partial charge in [-0.2, -0.15) is 17.9 Å². The Kier molecular flexibility index (Phi) is 3.17. The summed E-state index contributed by atoms with van der Waals surface area (Å²) < 4.78 is 69.5. The summed E-state index contributed by atoms with van der Waals surface area (Å²) in [5.74, 6) is -3.78. The minimum atomic E-state index is -5.99. The van der Waals surface area contributed by atoms with Gasteiger partial charge in [-0.05, 0) is 6.07 Å². The fourth-order valence-corrected chi connectivity index (χ4v) is 4.29. The van der Waals surface area contributed by atoms with Gasteiger partial charge in [0.2, 0.25) is 0 Å². The maximum absolute atomic E-state index is 13.0. The molecule has 4 rings (SSSR count). The summed E-state index contributed by atoms with van der Waals surface area (Å²) >= 11 is 0. The van der Waals surface area contributed by atoms with E-state index in [2.05, 4.69) is 0 Å². The molecule has 0 aromatic heterocycles. The van der Waals surface area contributed by atoms with E-state index < -0.39 is 32.6 Å². The molecule has 0 amide bonds. The van der Waals surface area contributed by atoms with Crippen molar-refractivity contribution in [2.24, 2.45) is 0 Å². The highest BCUT2D eigenvalue weighted by Crippen LogP contribution is 2.58. The molecule has 0 saturated heterocycles. The van der Waals surface area contributed by atoms with E-state index >= 15 is 0 Å². The third-order valence-corrected chi connectivity index (χ3v) is 5.71. The van der Waals surface area contributed by atoms with Gasteiger partial charge in [0.15, 0.2) is 11.3 Å². The molecular weight excluding hydrogens is 375 g/mol. The lowest BCUT2D eigenvalue weighted by Gasteiger charge is -2.34. The molecule has 2 aromatic rings. The monoisotopic (exact) mass is 385 g/mol. The molecule has 136 valence electrons. The maximum atomic E-state index is 13.0. The number of ether oxygens (including phenoxy) is 1. The quantitative estimate of drug-likeness (QED) is 0.822. The summed E-state index contributed by atoms with van der Waals surface area (Å²) in [7, 11) is -5.99. The highest BCUT2D eigenvalue weighted by Gasteiger charge is 2.73. The van der Waals surface area contributed by atoms with Crippen LogP contribution in [0.15, 0.2) is 48.5 Å². The smallest absolute Gasteiger partial charge is 0.455 e. The molecule has 26 heavy (non-hydrogen) atoms. The molecule has 2 atom stereocenters. The van der Waals surface area contributed by atoms with Crippen LogP contribution in [0.1, 0.15) is 21.5 Å². The number of sulfonamides is 1. The van der Waals surface area contributed by atoms with Crippen molar-refractivity contribution >= 4 is 15.8 Å². The molecule has 0 bridgehead atoms. The molecule has 1 heterocycles. The van der Waals surface area contributed by atoms with E-state index in [1.54, 1.807) is 0 Å². The van der Waals surface area contributed by atoms with Crippen LogP contribution in [0.2, 0.25) is 0 Å². The third kappa shape index (κ3) is 1.83. The number of para-hydroxylation sites is 1. The van der Waals surface area contributed by atoms with E-state index in [9.17, 15) is 31.5 Å². The lowest BCUT2D eigenvalue weighted by Crippen LogP contribution is -2.61. The molecular formula is C16H10F3NO5S. The SMILES string of the molecule is O=C1c2ccccc2C2(O)Oc3ccccc3C12NS(=O)(=O)C(F)(F)F. The van der Waals surface area contributed by atoms with Gasteiger partial charge in [-0.15, -0.1) is 0 Å². The zero-order valence-electron chi connectivity index (χ0n) is 12.7. The normalized spacial score (nSPS) is 26.8. The topological polar surface area (TPSA) is 92.7 Å². The van der Waals surface area contributed by atoms with Gasteiger partial charge in [0.1, 0.15) is 5.75 Å². The molecule has 1 aliphatic carbocycles. The Hall–Kier alpha value is -2.43. The van der Waals surface area contributed by atoms with Crippen molar-refractivity contribution in [1.82, 2.24) is 4.72 Å². The van der Waals surface area contributed by atoms with Crippen molar-refractivity contribution in [2.75, 3.05) is 0 Å². The molecule has 0 fully saturated rings. The van der Waals surface area contributed by atoms with Crippen molar-refractivity contribution < 1.29 is 36.2 Å². The largest absolute Gasteiger partial charge is 0.511 e. The van der Waals surface area contributed by atoms with E-state index in [1.807, 2.05) is 0 Å². The molecule has 6 nitrogen and oxygen atoms in total. The van der Waals surface area contributed by atoms with Crippen LogP contribution in [0.3, 0.4) is 0 Å². The van der Waals surface area contributed by atoms with Gasteiger partial charge in [0.05, 0.1) is 0 Å². The van der Waals surface area contributed by atoms with E-state index in [0.29, 0.717) is 0 Å². The number of hydrogen-bond donors (Lipinski definition) is 2. The van der Waals surface area contributed by atoms with E-state index in [1.165, 1.54) is 53.3 Å². The van der Waals surface area contributed by atoms with Gasteiger partial charge in [-0.3, -0.25) is 4.79 Å². The molecule has 2 N–H and O–H groups in total. The first-order valence-corrected chi connectivity index (χ1v) is 8.78. The molecule has 2 aromatic carbocycles. The van der Waals surface area contributed by atoms with Crippen LogP contribution in [0, 0.1) is 0 Å². The molecule has 0 radical (unpaired) electrons. The maximum Gasteiger partial charge on any atom is 0.511 e. The number of rotatable bonds is 2. The van der Waals surface area contributed by atoms with Gasteiger partial charge in [-0.1, -0.05) is 42.5 Å². The average molecular weight is 385 g/mol. The zero-order valence-corrected chi connectivity index (χ0v) is 13.6. The van der Waals surface area contributed by atoms with Gasteiger partial charge < -0.3 is 9.84 Å². The van der Waals surface area contributed by atoms with Crippen LogP contribution in [-0.4, -0.2) is 24.8 Å². The predicted octanol–water partition coefficient (Wildman–Crippen LogP) is 1.76. The standard InChI is InChI=1S/C16H10F3NO5S/c17-16(18,19)26(23,24)20-14-11-7-3-4-8-12(11)25-15(14,22)10-6-2-1-5-9(10)13(14)21/h1-8,20,22H. The number of Topliss-reactive ketones (excluding diaryl/α,β-unsaturated/α-hetero) is 1. The molecule has 0 saturated carbocycles. The summed E-state index contributed by atoms with van der Waals surface area (Å²) in [6.45, 7) is 0. The van der Waals surface area contributed by atoms with E-state index in [4.69, 9.17) is 4.74 Å². The summed E-state index contributed by atoms with van der Waals surface area (Å²) in [6, 6.07) is 10.9. The van der Waals surface area contributed by atoms with Gasteiger partial charge >= 0.3 is 15.5 Å². The number of nitrogens with one attached hydrogen (secondary N) is 1. The van der Waals surface area contributed by atoms with Crippen molar-refractivity contribution in [2.45, 2.75) is 16.8 Å². The molecule has 0 spiro atoms. The summed E-state index contributed by atoms with van der Waals surface area (Å²) in [6.07, 6.45) is 0. The minimum absolute atomic E-state index is 0.0947. The summed E-state index contributed by atoms with van der Waals surface area (Å²) in [5.41, 5.74) is -8.81. The first-order chi connectivity index (χ1) is 12.0. The Labute approximate surface area is 145 Å². The number of hydrogen-bond acceptors (Lipinski definition) is 5. The van der Waals surface area contributed by atoms with Gasteiger partial charge in [0.25, 0.3) is 5.79 Å². The van der Waals surface area contributed by atoms with Crippen LogP contribution < -0.4 is 9.46 Å². The Morgan fingerprint density at radius 3 is 2.23 bits per heavy atom. The molecule has 1 aliphatic heterocycles. The van der Waals surface area contributed by atoms with Crippen molar-refractivity contribution in [3.63, 3.8) is 0 Å². The summed E-state index contributed by atoms with van der Waals surface area (Å²) in [5, 5.41) is 11.1. The van der Waals surface area contributed by atoms with E-state index in [-0.39, 0.29) is 22.4 Å². The second-order valence-corrected chi connectivity index (χ2v) is 7.59. The van der Waals surface area contributed by atoms with Crippen molar-refractivity contribution in [1.29, 1.82) is 0 Å². The number of benzene rings is 2. The van der Waals surface area contributed by atoms with Crippen LogP contribution in [-0.2, 0) is 21.3 Å². The number of carbonyl (C=O) groups is 1. The predicted molar refractivity (Wildman–Crippen MR) is 81.5 cm³/mol. The minimum Gasteiger partial charge on any atom is -0.455 e. The molecule has 2 aliphatic rings. The first kappa shape index (κ1) is 17.0. The Morgan fingerprint density at radius 2 is 1.58 bits per heavy atom. The highest BCUT2D eigenvalue weighted by molar-refractivity contribution is 7.90. The van der Waals surface area contributed by atoms with Gasteiger partial charge in [0, 0.05) is 16.7 Å². The van der Waals surface area contributed by atoms with Crippen LogP contribution in [0.25, 0.3) is 0 Å². The fraction of sp³-hybridized carbons (Fsp3) is 0.188. The fourth-order valence-electron chi connectivity index (χ4n) is 3.43. The van der Waals surface area contributed by atoms with Crippen molar-refractivity contribution in [3.05, 3.63) is 65.2 Å².